The zero-order chi connectivity index (χ0) is 16.8. The summed E-state index contributed by atoms with van der Waals surface area (Å²) in [7, 11) is 0. The van der Waals surface area contributed by atoms with E-state index in [4.69, 9.17) is 9.15 Å². The molecule has 6 nitrogen and oxygen atoms in total. The van der Waals surface area contributed by atoms with Crippen LogP contribution in [0.3, 0.4) is 0 Å². The number of likely N-dealkylation sites (tertiary alicyclic amines) is 1. The number of nitrogens with zero attached hydrogens (tertiary/aromatic N) is 2. The van der Waals surface area contributed by atoms with E-state index >= 15 is 0 Å². The lowest BCUT2D eigenvalue weighted by Crippen LogP contribution is -2.48. The average Bonchev–Trinajstić information content (AvgIpc) is 3.07. The highest BCUT2D eigenvalue weighted by Crippen LogP contribution is 2.26. The second-order valence-electron chi connectivity index (χ2n) is 6.73. The van der Waals surface area contributed by atoms with Gasteiger partial charge in [-0.3, -0.25) is 9.69 Å². The number of carbonyl (C=O) groups is 1. The van der Waals surface area contributed by atoms with E-state index in [9.17, 15) is 9.90 Å². The van der Waals surface area contributed by atoms with Gasteiger partial charge in [0.15, 0.2) is 0 Å². The van der Waals surface area contributed by atoms with Crippen LogP contribution in [0.5, 0.6) is 0 Å². The summed E-state index contributed by atoms with van der Waals surface area (Å²) in [4.78, 5) is 16.7. The summed E-state index contributed by atoms with van der Waals surface area (Å²) in [6.45, 7) is 4.00. The van der Waals surface area contributed by atoms with Crippen LogP contribution in [0, 0.1) is 0 Å². The minimum atomic E-state index is -0.607. The molecule has 2 aliphatic rings. The molecule has 3 rings (SSSR count). The Bertz CT molecular complexity index is 499. The first-order chi connectivity index (χ1) is 11.7. The molecule has 2 atom stereocenters. The second kappa shape index (κ2) is 8.65. The lowest BCUT2D eigenvalue weighted by Gasteiger charge is -2.34. The van der Waals surface area contributed by atoms with Crippen molar-refractivity contribution in [3.63, 3.8) is 0 Å². The van der Waals surface area contributed by atoms with Gasteiger partial charge in [-0.25, -0.2) is 0 Å². The van der Waals surface area contributed by atoms with Crippen LogP contribution in [0.4, 0.5) is 0 Å². The van der Waals surface area contributed by atoms with Crippen LogP contribution in [0.15, 0.2) is 22.8 Å². The average molecular weight is 336 g/mol. The van der Waals surface area contributed by atoms with Gasteiger partial charge in [0.1, 0.15) is 11.9 Å². The van der Waals surface area contributed by atoms with Crippen LogP contribution in [0.25, 0.3) is 0 Å². The maximum atomic E-state index is 12.6. The Morgan fingerprint density at radius 1 is 1.25 bits per heavy atom. The topological polar surface area (TPSA) is 66.2 Å². The van der Waals surface area contributed by atoms with Crippen molar-refractivity contribution in [3.05, 3.63) is 24.2 Å². The number of hydrogen-bond acceptors (Lipinski definition) is 5. The molecular weight excluding hydrogens is 308 g/mol. The minimum absolute atomic E-state index is 0.178. The van der Waals surface area contributed by atoms with E-state index in [2.05, 4.69) is 4.90 Å². The summed E-state index contributed by atoms with van der Waals surface area (Å²) in [6.07, 6.45) is 6.07. The second-order valence-corrected chi connectivity index (χ2v) is 6.73. The Kier molecular flexibility index (Phi) is 6.29. The van der Waals surface area contributed by atoms with Gasteiger partial charge in [0.25, 0.3) is 0 Å². The summed E-state index contributed by atoms with van der Waals surface area (Å²) < 4.78 is 10.6. The third kappa shape index (κ3) is 4.59. The number of aliphatic hydroxyl groups excluding tert-OH is 1. The molecule has 0 aliphatic carbocycles. The molecule has 0 bridgehead atoms. The van der Waals surface area contributed by atoms with Crippen molar-refractivity contribution >= 4 is 5.91 Å². The van der Waals surface area contributed by atoms with Gasteiger partial charge in [-0.1, -0.05) is 12.8 Å². The number of hydrogen-bond donors (Lipinski definition) is 1. The van der Waals surface area contributed by atoms with Gasteiger partial charge >= 0.3 is 0 Å². The minimum Gasteiger partial charge on any atom is -0.467 e. The zero-order valence-electron chi connectivity index (χ0n) is 14.2. The maximum Gasteiger partial charge on any atom is 0.236 e. The maximum absolute atomic E-state index is 12.6. The van der Waals surface area contributed by atoms with Crippen LogP contribution < -0.4 is 0 Å². The number of ether oxygens (including phenoxy) is 1. The molecule has 0 unspecified atom stereocenters. The number of furan rings is 1. The molecule has 0 saturated carbocycles. The molecule has 24 heavy (non-hydrogen) atoms. The molecule has 134 valence electrons. The van der Waals surface area contributed by atoms with E-state index in [0.717, 1.165) is 25.8 Å². The Hall–Kier alpha value is -1.37. The smallest absolute Gasteiger partial charge is 0.236 e. The molecule has 1 aromatic rings. The summed E-state index contributed by atoms with van der Waals surface area (Å²) >= 11 is 0. The van der Waals surface area contributed by atoms with Gasteiger partial charge in [-0.2, -0.15) is 0 Å². The normalized spacial score (nSPS) is 24.5. The number of carbonyl (C=O) groups excluding carboxylic acids is 1. The molecule has 0 aromatic carbocycles. The molecule has 2 fully saturated rings. The summed E-state index contributed by atoms with van der Waals surface area (Å²) in [6, 6.07) is 3.83. The number of aliphatic hydroxyl groups is 1. The summed E-state index contributed by atoms with van der Waals surface area (Å²) in [5.74, 6) is 0.788. The van der Waals surface area contributed by atoms with Crippen LogP contribution >= 0.6 is 0 Å². The van der Waals surface area contributed by atoms with Crippen molar-refractivity contribution in [1.82, 2.24) is 9.80 Å². The molecule has 0 radical (unpaired) electrons. The van der Waals surface area contributed by atoms with E-state index in [1.807, 2.05) is 11.0 Å². The van der Waals surface area contributed by atoms with Crippen molar-refractivity contribution in [2.24, 2.45) is 0 Å². The van der Waals surface area contributed by atoms with Crippen molar-refractivity contribution < 1.29 is 19.1 Å². The van der Waals surface area contributed by atoms with Crippen molar-refractivity contribution in [2.45, 2.75) is 44.2 Å². The van der Waals surface area contributed by atoms with Crippen molar-refractivity contribution in [2.75, 3.05) is 39.4 Å². The zero-order valence-corrected chi connectivity index (χ0v) is 14.2. The molecule has 1 amide bonds. The highest BCUT2D eigenvalue weighted by molar-refractivity contribution is 5.78. The Labute approximate surface area is 143 Å². The SMILES string of the molecule is O=C(CN1CCCCC[C@H]1C[C@@H](O)c1ccco1)N1CCOCC1. The Balaban J connectivity index is 1.60. The van der Waals surface area contributed by atoms with Crippen molar-refractivity contribution in [1.29, 1.82) is 0 Å². The van der Waals surface area contributed by atoms with E-state index in [1.54, 1.807) is 12.3 Å². The molecular formula is C18H28N2O4. The van der Waals surface area contributed by atoms with Gasteiger partial charge in [0.05, 0.1) is 26.0 Å². The quantitative estimate of drug-likeness (QED) is 0.888. The van der Waals surface area contributed by atoms with Gasteiger partial charge in [-0.05, 0) is 37.9 Å². The van der Waals surface area contributed by atoms with E-state index in [0.29, 0.717) is 45.0 Å². The van der Waals surface area contributed by atoms with Gasteiger partial charge < -0.3 is 19.2 Å². The lowest BCUT2D eigenvalue weighted by molar-refractivity contribution is -0.137. The van der Waals surface area contributed by atoms with Gasteiger partial charge in [-0.15, -0.1) is 0 Å². The van der Waals surface area contributed by atoms with E-state index < -0.39 is 6.10 Å². The molecule has 0 spiro atoms. The first kappa shape index (κ1) is 17.5. The monoisotopic (exact) mass is 336 g/mol. The van der Waals surface area contributed by atoms with Gasteiger partial charge in [0, 0.05) is 19.1 Å². The third-order valence-electron chi connectivity index (χ3n) is 5.07. The fourth-order valence-electron chi connectivity index (χ4n) is 3.65. The highest BCUT2D eigenvalue weighted by Gasteiger charge is 2.28. The predicted molar refractivity (Wildman–Crippen MR) is 89.5 cm³/mol. The summed E-state index contributed by atoms with van der Waals surface area (Å²) in [5.41, 5.74) is 0. The van der Waals surface area contributed by atoms with Crippen LogP contribution in [0.2, 0.25) is 0 Å². The predicted octanol–water partition coefficient (Wildman–Crippen LogP) is 1.81. The van der Waals surface area contributed by atoms with Crippen LogP contribution in [-0.4, -0.2) is 66.2 Å². The molecule has 2 saturated heterocycles. The Morgan fingerprint density at radius 3 is 2.83 bits per heavy atom. The molecule has 2 aliphatic heterocycles. The number of rotatable bonds is 5. The lowest BCUT2D eigenvalue weighted by atomic mass is 10.0. The first-order valence-electron chi connectivity index (χ1n) is 9.05. The largest absolute Gasteiger partial charge is 0.467 e. The summed E-state index contributed by atoms with van der Waals surface area (Å²) in [5, 5.41) is 10.4. The molecule has 1 N–H and O–H groups in total. The molecule has 3 heterocycles. The van der Waals surface area contributed by atoms with Crippen molar-refractivity contribution in [3.8, 4) is 0 Å². The van der Waals surface area contributed by atoms with Crippen LogP contribution in [0.1, 0.15) is 44.0 Å². The standard InChI is InChI=1S/C18H28N2O4/c21-16(17-6-4-10-24-17)13-15-5-2-1-3-7-20(15)14-18(22)19-8-11-23-12-9-19/h4,6,10,15-16,21H,1-3,5,7-9,11-14H2/t15-,16+/m0/s1. The van der Waals surface area contributed by atoms with E-state index in [-0.39, 0.29) is 11.9 Å². The molecule has 6 heteroatoms. The third-order valence-corrected chi connectivity index (χ3v) is 5.07. The van der Waals surface area contributed by atoms with Crippen LogP contribution in [-0.2, 0) is 9.53 Å². The first-order valence-corrected chi connectivity index (χ1v) is 9.05. The Morgan fingerprint density at radius 2 is 2.08 bits per heavy atom. The van der Waals surface area contributed by atoms with E-state index in [1.165, 1.54) is 6.42 Å². The fourth-order valence-corrected chi connectivity index (χ4v) is 3.65. The van der Waals surface area contributed by atoms with Gasteiger partial charge in [0.2, 0.25) is 5.91 Å². The number of morpholine rings is 1. The molecule has 1 aromatic heterocycles. The fraction of sp³-hybridized carbons (Fsp3) is 0.722. The highest BCUT2D eigenvalue weighted by atomic mass is 16.5. The number of amides is 1.